The average molecular weight is 1020 g/mol. The number of unbranched alkanes of at least 4 members (excludes halogenated alkanes) is 10. The van der Waals surface area contributed by atoms with Crippen LogP contribution in [-0.2, 0) is 4.79 Å². The Morgan fingerprint density at radius 2 is 0.871 bits per heavy atom. The number of rotatable bonds is 21. The molecule has 0 heterocycles. The van der Waals surface area contributed by atoms with Crippen molar-refractivity contribution in [2.24, 2.45) is 0 Å². The number of hydrogen-bond donors (Lipinski definition) is 0. The molecule has 0 saturated carbocycles. The first-order chi connectivity index (χ1) is 29.1. The van der Waals surface area contributed by atoms with Crippen LogP contribution in [0.2, 0.25) is 0 Å². The van der Waals surface area contributed by atoms with E-state index in [2.05, 4.69) is 176 Å². The Balaban J connectivity index is -0.000000224. The molecule has 3 aromatic rings. The first kappa shape index (κ1) is 69.1. The molecule has 0 aliphatic carbocycles. The first-order valence-corrected chi connectivity index (χ1v) is 24.3. The Bertz CT molecular complexity index is 1450. The van der Waals surface area contributed by atoms with Crippen LogP contribution in [0, 0.1) is 34.0 Å². The molecule has 0 saturated heterocycles. The van der Waals surface area contributed by atoms with Gasteiger partial charge in [0.15, 0.2) is 0 Å². The number of benzene rings is 3. The fraction of sp³-hybridized carbons (Fsp3) is 0.472. The van der Waals surface area contributed by atoms with Gasteiger partial charge in [-0.1, -0.05) is 191 Å². The van der Waals surface area contributed by atoms with Gasteiger partial charge >= 0.3 is 51.4 Å². The van der Waals surface area contributed by atoms with Crippen LogP contribution >= 0.6 is 23.9 Å². The molecule has 3 rings (SSSR count). The van der Waals surface area contributed by atoms with Gasteiger partial charge in [-0.3, -0.25) is 0 Å². The van der Waals surface area contributed by atoms with Gasteiger partial charge in [0.1, 0.15) is 6.29 Å². The van der Waals surface area contributed by atoms with E-state index in [-0.39, 0.29) is 68.4 Å². The summed E-state index contributed by atoms with van der Waals surface area (Å²) < 4.78 is 0. The van der Waals surface area contributed by atoms with Crippen LogP contribution in [0.3, 0.4) is 0 Å². The summed E-state index contributed by atoms with van der Waals surface area (Å²) in [7, 11) is -0.446. The van der Waals surface area contributed by atoms with Gasteiger partial charge in [-0.25, -0.2) is 0 Å². The molecule has 5 nitrogen and oxygen atoms in total. The summed E-state index contributed by atoms with van der Waals surface area (Å²) in [5.74, 6) is 0. The fourth-order valence-corrected chi connectivity index (χ4v) is 7.13. The van der Waals surface area contributed by atoms with Gasteiger partial charge in [-0.05, 0) is 101 Å². The third-order valence-electron chi connectivity index (χ3n) is 7.44. The molecule has 0 spiro atoms. The number of hydrogen-bond acceptors (Lipinski definition) is 5. The SMILES string of the molecule is CC(C)(C)[O-].CC/C=C\CCCC/C=C\CCC#N.CC/C=C\CCCCC=O.CCCCC#N.N#CCCCBr.[Br-].[K+].c1ccc(P(c2ccccc2)c2ccccc2)cc1. The first-order valence-electron chi connectivity index (χ1n) is 21.8. The average Bonchev–Trinajstić information content (AvgIpc) is 3.26. The molecule has 0 aliphatic heterocycles. The normalized spacial score (nSPS) is 9.84. The van der Waals surface area contributed by atoms with Gasteiger partial charge in [0.2, 0.25) is 0 Å². The van der Waals surface area contributed by atoms with E-state index in [1.807, 2.05) is 6.07 Å². The van der Waals surface area contributed by atoms with Crippen molar-refractivity contribution in [3.63, 3.8) is 0 Å². The predicted octanol–water partition coefficient (Wildman–Crippen LogP) is 8.07. The topological polar surface area (TPSA) is 112 Å². The van der Waals surface area contributed by atoms with Crippen molar-refractivity contribution in [2.75, 3.05) is 5.33 Å². The molecule has 9 heteroatoms. The second-order valence-corrected chi connectivity index (χ2v) is 17.3. The minimum absolute atomic E-state index is 0. The van der Waals surface area contributed by atoms with Gasteiger partial charge in [0.05, 0.1) is 18.2 Å². The van der Waals surface area contributed by atoms with E-state index in [1.54, 1.807) is 20.8 Å². The molecule has 0 fully saturated rings. The third kappa shape index (κ3) is 56.0. The minimum atomic E-state index is -0.750. The zero-order valence-corrected chi connectivity index (χ0v) is 46.5. The molecular formula is C53H76Br2KN3O2P-. The molecule has 62 heavy (non-hydrogen) atoms. The Labute approximate surface area is 442 Å². The molecular weight excluding hydrogens is 940 g/mol. The van der Waals surface area contributed by atoms with E-state index in [0.717, 1.165) is 88.7 Å². The third-order valence-corrected chi connectivity index (χ3v) is 10.4. The number of nitriles is 3. The van der Waals surface area contributed by atoms with E-state index in [9.17, 15) is 9.90 Å². The standard InChI is InChI=1S/C18H15P.C13H21N.C9H16O.C5H9N.C4H6BrN.C4H9O.BrH.K/c1-4-10-16(11-5-1)19(17-12-6-2-7-13-17)18-14-8-3-9-15-18;1-2-3-4-5-6-7-8-9-10-11-12-13-14;1-2-3-4-5-6-7-8-9-10;1-2-3-4-5-6;5-3-1-2-4-6;1-4(2,3)5;;/h1-15H;3-4,9-10H,2,5-8,11-12H2,1H3;3-4,9H,2,5-8H2,1H3;2-4H2,1H3;1-3H2;1-3H3;1H;/q;;;;;-1;;+1/p-1/b;4-3-,10-9-;4-3-;;;;;. The molecule has 0 N–H and O–H groups in total. The van der Waals surface area contributed by atoms with Crippen molar-refractivity contribution < 1.29 is 78.3 Å². The second-order valence-electron chi connectivity index (χ2n) is 14.3. The van der Waals surface area contributed by atoms with Crippen molar-refractivity contribution in [1.82, 2.24) is 0 Å². The summed E-state index contributed by atoms with van der Waals surface area (Å²) >= 11 is 3.20. The maximum absolute atomic E-state index is 10.1. The Morgan fingerprint density at radius 1 is 0.548 bits per heavy atom. The van der Waals surface area contributed by atoms with Crippen LogP contribution in [0.1, 0.15) is 151 Å². The summed E-state index contributed by atoms with van der Waals surface area (Å²) in [6.45, 7) is 11.3. The smallest absolute Gasteiger partial charge is 1.00 e. The predicted molar refractivity (Wildman–Crippen MR) is 265 cm³/mol. The van der Waals surface area contributed by atoms with Crippen molar-refractivity contribution >= 4 is 46.1 Å². The zero-order chi connectivity index (χ0) is 45.2. The summed E-state index contributed by atoms with van der Waals surface area (Å²) in [5, 5.41) is 39.4. The van der Waals surface area contributed by atoms with Crippen LogP contribution in [0.5, 0.6) is 0 Å². The Morgan fingerprint density at radius 3 is 1.15 bits per heavy atom. The van der Waals surface area contributed by atoms with Crippen molar-refractivity contribution in [3.05, 3.63) is 127 Å². The van der Waals surface area contributed by atoms with Crippen LogP contribution in [-0.4, -0.2) is 17.2 Å². The fourth-order valence-electron chi connectivity index (χ4n) is 4.55. The quantitative estimate of drug-likeness (QED) is 0.0268. The summed E-state index contributed by atoms with van der Waals surface area (Å²) in [6, 6.07) is 38.6. The van der Waals surface area contributed by atoms with Crippen LogP contribution in [0.25, 0.3) is 0 Å². The summed E-state index contributed by atoms with van der Waals surface area (Å²) in [6.07, 6.45) is 31.4. The van der Waals surface area contributed by atoms with E-state index in [4.69, 9.17) is 15.8 Å². The van der Waals surface area contributed by atoms with Crippen molar-refractivity contribution in [1.29, 1.82) is 15.8 Å². The molecule has 0 unspecified atom stereocenters. The minimum Gasteiger partial charge on any atom is -1.00 e. The molecule has 3 aromatic carbocycles. The van der Waals surface area contributed by atoms with Crippen LogP contribution in [0.4, 0.5) is 0 Å². The number of nitrogens with zero attached hydrogens (tertiary/aromatic N) is 3. The van der Waals surface area contributed by atoms with Crippen LogP contribution in [0.15, 0.2) is 127 Å². The molecule has 0 aromatic heterocycles. The van der Waals surface area contributed by atoms with Gasteiger partial charge in [-0.15, -0.1) is 5.60 Å². The van der Waals surface area contributed by atoms with Crippen LogP contribution < -0.4 is 89.4 Å². The number of carbonyl (C=O) groups excluding carboxylic acids is 1. The molecule has 0 bridgehead atoms. The summed E-state index contributed by atoms with van der Waals surface area (Å²) in [5.41, 5.74) is -0.750. The second kappa shape index (κ2) is 57.0. The molecule has 0 radical (unpaired) electrons. The van der Waals surface area contributed by atoms with Gasteiger partial charge in [-0.2, -0.15) is 15.8 Å². The molecule has 0 aliphatic rings. The van der Waals surface area contributed by atoms with Crippen molar-refractivity contribution in [2.45, 2.75) is 156 Å². The van der Waals surface area contributed by atoms with E-state index in [1.165, 1.54) is 35.2 Å². The maximum atomic E-state index is 10.1. The molecule has 336 valence electrons. The zero-order valence-electron chi connectivity index (χ0n) is 39.3. The van der Waals surface area contributed by atoms with E-state index < -0.39 is 13.5 Å². The van der Waals surface area contributed by atoms with Gasteiger partial charge in [0, 0.05) is 31.0 Å². The summed E-state index contributed by atoms with van der Waals surface area (Å²) in [4.78, 5) is 9.88. The van der Waals surface area contributed by atoms with E-state index in [0.29, 0.717) is 12.8 Å². The maximum Gasteiger partial charge on any atom is 1.00 e. The Hall–Kier alpha value is -1.99. The Kier molecular flexibility index (Phi) is 63.5. The number of allylic oxidation sites excluding steroid dienone is 6. The number of carbonyl (C=O) groups is 1. The van der Waals surface area contributed by atoms with E-state index >= 15 is 0 Å². The van der Waals surface area contributed by atoms with Crippen molar-refractivity contribution in [3.8, 4) is 18.2 Å². The number of aldehydes is 1. The number of halogens is 2. The monoisotopic (exact) mass is 1010 g/mol. The molecule has 0 atom stereocenters. The molecule has 0 amide bonds. The van der Waals surface area contributed by atoms with Gasteiger partial charge in [0.25, 0.3) is 0 Å². The number of alkyl halides is 1. The largest absolute Gasteiger partial charge is 1.00 e. The van der Waals surface area contributed by atoms with Gasteiger partial charge < -0.3 is 26.9 Å².